The van der Waals surface area contributed by atoms with Gasteiger partial charge in [0, 0.05) is 6.54 Å². The van der Waals surface area contributed by atoms with Crippen molar-refractivity contribution in [3.63, 3.8) is 0 Å². The fourth-order valence-electron chi connectivity index (χ4n) is 4.91. The first-order chi connectivity index (χ1) is 14.7. The fourth-order valence-corrected chi connectivity index (χ4v) is 4.91. The minimum absolute atomic E-state index is 0.00343. The minimum atomic E-state index is -4.40. The molecule has 0 spiro atoms. The van der Waals surface area contributed by atoms with E-state index in [-0.39, 0.29) is 23.4 Å². The van der Waals surface area contributed by atoms with Crippen molar-refractivity contribution >= 4 is 22.8 Å². The number of morpholine rings is 2. The van der Waals surface area contributed by atoms with Gasteiger partial charge in [-0.25, -0.2) is 0 Å². The van der Waals surface area contributed by atoms with Gasteiger partial charge in [-0.3, -0.25) is 5.10 Å². The van der Waals surface area contributed by atoms with Crippen LogP contribution < -0.4 is 9.80 Å². The van der Waals surface area contributed by atoms with E-state index < -0.39 is 17.6 Å². The lowest BCUT2D eigenvalue weighted by molar-refractivity contribution is -0.146. The van der Waals surface area contributed by atoms with Crippen molar-refractivity contribution in [2.75, 3.05) is 42.8 Å². The van der Waals surface area contributed by atoms with Crippen LogP contribution in [-0.2, 0) is 9.47 Å². The molecule has 5 rings (SSSR count). The summed E-state index contributed by atoms with van der Waals surface area (Å²) in [6, 6.07) is 0.350. The summed E-state index contributed by atoms with van der Waals surface area (Å²) in [6.07, 6.45) is -2.43. The zero-order valence-electron chi connectivity index (χ0n) is 17.9. The van der Waals surface area contributed by atoms with Crippen LogP contribution in [0.3, 0.4) is 0 Å². The molecule has 5 heterocycles. The molecule has 2 aromatic heterocycles. The van der Waals surface area contributed by atoms with Crippen LogP contribution in [0.25, 0.3) is 11.0 Å². The van der Waals surface area contributed by atoms with Crippen molar-refractivity contribution in [3.05, 3.63) is 5.69 Å². The van der Waals surface area contributed by atoms with E-state index >= 15 is 0 Å². The third-order valence-electron chi connectivity index (χ3n) is 6.71. The number of halogens is 3. The number of alkyl halides is 3. The van der Waals surface area contributed by atoms with Crippen molar-refractivity contribution < 1.29 is 22.6 Å². The van der Waals surface area contributed by atoms with Crippen molar-refractivity contribution in [3.8, 4) is 0 Å². The van der Waals surface area contributed by atoms with Gasteiger partial charge in [-0.05, 0) is 33.6 Å². The van der Waals surface area contributed by atoms with Crippen LogP contribution in [0.4, 0.5) is 24.9 Å². The fraction of sp³-hybridized carbons (Fsp3) is 0.750. The van der Waals surface area contributed by atoms with Gasteiger partial charge < -0.3 is 19.3 Å². The number of aromatic nitrogens is 4. The molecule has 2 bridgehead atoms. The Morgan fingerprint density at radius 2 is 1.84 bits per heavy atom. The van der Waals surface area contributed by atoms with E-state index in [9.17, 15) is 13.2 Å². The maximum absolute atomic E-state index is 13.6. The molecule has 0 aliphatic carbocycles. The molecule has 0 radical (unpaired) electrons. The number of hydrogen-bond acceptors (Lipinski definition) is 7. The van der Waals surface area contributed by atoms with Gasteiger partial charge in [0.2, 0.25) is 5.95 Å². The molecule has 0 saturated carbocycles. The van der Waals surface area contributed by atoms with E-state index in [1.807, 2.05) is 18.7 Å². The second kappa shape index (κ2) is 7.19. The third-order valence-corrected chi connectivity index (χ3v) is 6.71. The van der Waals surface area contributed by atoms with Gasteiger partial charge in [0.05, 0.1) is 61.0 Å². The Labute approximate surface area is 178 Å². The van der Waals surface area contributed by atoms with E-state index in [0.29, 0.717) is 50.1 Å². The lowest BCUT2D eigenvalue weighted by Gasteiger charge is -2.43. The zero-order valence-corrected chi connectivity index (χ0v) is 17.9. The molecular weight excluding hydrogens is 413 g/mol. The van der Waals surface area contributed by atoms with E-state index in [0.717, 1.165) is 19.8 Å². The molecule has 1 N–H and O–H groups in total. The van der Waals surface area contributed by atoms with Crippen LogP contribution in [0.15, 0.2) is 0 Å². The maximum Gasteiger partial charge on any atom is 0.396 e. The van der Waals surface area contributed by atoms with Crippen molar-refractivity contribution in [2.45, 2.75) is 63.3 Å². The Hall–Kier alpha value is -2.14. The maximum atomic E-state index is 13.6. The topological polar surface area (TPSA) is 79.4 Å². The number of hydrogen-bond donors (Lipinski definition) is 1. The van der Waals surface area contributed by atoms with Crippen molar-refractivity contribution in [2.24, 2.45) is 0 Å². The molecule has 3 fully saturated rings. The summed E-state index contributed by atoms with van der Waals surface area (Å²) in [7, 11) is 0. The molecule has 3 atom stereocenters. The number of H-pyrrole nitrogens is 1. The summed E-state index contributed by atoms with van der Waals surface area (Å²) in [5.74, 6) is -0.716. The summed E-state index contributed by atoms with van der Waals surface area (Å²) < 4.78 is 52.1. The molecule has 11 heteroatoms. The molecule has 3 unspecified atom stereocenters. The number of aromatic amines is 1. The van der Waals surface area contributed by atoms with Gasteiger partial charge in [0.15, 0.2) is 5.65 Å². The Morgan fingerprint density at radius 1 is 1.13 bits per heavy atom. The minimum Gasteiger partial charge on any atom is -0.377 e. The molecular formula is C20H27F3N6O2. The largest absolute Gasteiger partial charge is 0.396 e. The Balaban J connectivity index is 1.69. The van der Waals surface area contributed by atoms with Crippen LogP contribution in [0.1, 0.15) is 45.2 Å². The first kappa shape index (κ1) is 20.7. The monoisotopic (exact) mass is 440 g/mol. The number of nitrogens with zero attached hydrogens (tertiary/aromatic N) is 5. The zero-order chi connectivity index (χ0) is 22.0. The highest BCUT2D eigenvalue weighted by Crippen LogP contribution is 2.42. The smallest absolute Gasteiger partial charge is 0.377 e. The highest BCUT2D eigenvalue weighted by molar-refractivity contribution is 5.91. The van der Waals surface area contributed by atoms with Crippen LogP contribution in [0, 0.1) is 0 Å². The molecule has 2 aromatic rings. The van der Waals surface area contributed by atoms with Crippen molar-refractivity contribution in [1.82, 2.24) is 20.2 Å². The van der Waals surface area contributed by atoms with E-state index in [1.165, 1.54) is 0 Å². The quantitative estimate of drug-likeness (QED) is 0.786. The Bertz CT molecular complexity index is 962. The molecule has 3 aliphatic heterocycles. The average molecular weight is 440 g/mol. The molecule has 31 heavy (non-hydrogen) atoms. The van der Waals surface area contributed by atoms with E-state index in [2.05, 4.69) is 20.1 Å². The molecule has 3 aliphatic rings. The standard InChI is InChI=1S/C20H27F3N6O2/c1-11(20(21,22)23)15-14-16(27-26-15)24-18(29-12-4-5-13(29)9-31-8-12)25-17(14)28-6-7-30-10-19(28,2)3/h11-13H,4-10H2,1-3H3,(H,24,25,26,27). The lowest BCUT2D eigenvalue weighted by Crippen LogP contribution is -2.54. The number of nitrogens with one attached hydrogen (secondary N) is 1. The number of fused-ring (bicyclic) bond motifs is 3. The van der Waals surface area contributed by atoms with Gasteiger partial charge in [0.1, 0.15) is 5.82 Å². The summed E-state index contributed by atoms with van der Waals surface area (Å²) in [4.78, 5) is 13.7. The van der Waals surface area contributed by atoms with Gasteiger partial charge in [0.25, 0.3) is 0 Å². The predicted molar refractivity (Wildman–Crippen MR) is 109 cm³/mol. The van der Waals surface area contributed by atoms with E-state index in [4.69, 9.17) is 14.5 Å². The molecule has 0 amide bonds. The average Bonchev–Trinajstić information content (AvgIpc) is 3.23. The summed E-state index contributed by atoms with van der Waals surface area (Å²) >= 11 is 0. The van der Waals surface area contributed by atoms with Crippen LogP contribution in [0.2, 0.25) is 0 Å². The number of ether oxygens (including phenoxy) is 2. The number of anilines is 2. The van der Waals surface area contributed by atoms with Gasteiger partial charge in [-0.2, -0.15) is 28.2 Å². The first-order valence-corrected chi connectivity index (χ1v) is 10.7. The second-order valence-electron chi connectivity index (χ2n) is 9.29. The Kier molecular flexibility index (Phi) is 4.81. The summed E-state index contributed by atoms with van der Waals surface area (Å²) in [5.41, 5.74) is -0.174. The highest BCUT2D eigenvalue weighted by atomic mass is 19.4. The van der Waals surface area contributed by atoms with E-state index in [1.54, 1.807) is 0 Å². The summed E-state index contributed by atoms with van der Waals surface area (Å²) in [6.45, 7) is 7.82. The second-order valence-corrected chi connectivity index (χ2v) is 9.29. The predicted octanol–water partition coefficient (Wildman–Crippen LogP) is 3.00. The van der Waals surface area contributed by atoms with Gasteiger partial charge >= 0.3 is 6.18 Å². The van der Waals surface area contributed by atoms with Crippen LogP contribution >= 0.6 is 0 Å². The first-order valence-electron chi connectivity index (χ1n) is 10.7. The summed E-state index contributed by atoms with van der Waals surface area (Å²) in [5, 5.41) is 7.15. The number of rotatable bonds is 3. The molecule has 3 saturated heterocycles. The molecule has 170 valence electrons. The molecule has 8 nitrogen and oxygen atoms in total. The highest BCUT2D eigenvalue weighted by Gasteiger charge is 2.43. The van der Waals surface area contributed by atoms with Gasteiger partial charge in [-0.1, -0.05) is 0 Å². The normalized spacial score (nSPS) is 27.2. The van der Waals surface area contributed by atoms with Gasteiger partial charge in [-0.15, -0.1) is 0 Å². The Morgan fingerprint density at radius 3 is 2.48 bits per heavy atom. The van der Waals surface area contributed by atoms with Crippen molar-refractivity contribution in [1.29, 1.82) is 0 Å². The van der Waals surface area contributed by atoms with Crippen LogP contribution in [0.5, 0.6) is 0 Å². The lowest BCUT2D eigenvalue weighted by atomic mass is 10.00. The molecule has 0 aromatic carbocycles. The SMILES string of the molecule is CC(c1[nH]nc2nc(N3C4CCC3COC4)nc(N3CCOCC3(C)C)c12)C(F)(F)F. The third kappa shape index (κ3) is 3.42. The van der Waals surface area contributed by atoms with Crippen LogP contribution in [-0.4, -0.2) is 76.9 Å².